The molecule has 0 unspecified atom stereocenters. The second-order valence-electron chi connectivity index (χ2n) is 6.64. The Morgan fingerprint density at radius 1 is 1.22 bits per heavy atom. The molecule has 1 amide bonds. The Balaban J connectivity index is 1.41. The molecular formula is C16H23N3O4. The highest BCUT2D eigenvalue weighted by atomic mass is 16.5. The molecular weight excluding hydrogens is 298 g/mol. The maximum absolute atomic E-state index is 12.0. The van der Waals surface area contributed by atoms with Crippen LogP contribution in [0.15, 0.2) is 4.52 Å². The number of amides is 1. The quantitative estimate of drug-likeness (QED) is 0.830. The average Bonchev–Trinajstić information content (AvgIpc) is 3.25. The molecule has 2 fully saturated rings. The summed E-state index contributed by atoms with van der Waals surface area (Å²) in [6.07, 6.45) is 7.28. The van der Waals surface area contributed by atoms with Crippen molar-refractivity contribution < 1.29 is 19.2 Å². The molecule has 0 aromatic carbocycles. The predicted octanol–water partition coefficient (Wildman–Crippen LogP) is 2.03. The first kappa shape index (κ1) is 16.0. The molecule has 0 spiro atoms. The van der Waals surface area contributed by atoms with Crippen LogP contribution < -0.4 is 5.32 Å². The predicted molar refractivity (Wildman–Crippen MR) is 80.7 cm³/mol. The zero-order chi connectivity index (χ0) is 16.2. The third-order valence-electron chi connectivity index (χ3n) is 4.92. The van der Waals surface area contributed by atoms with Crippen LogP contribution in [0.25, 0.3) is 0 Å². The van der Waals surface area contributed by atoms with Crippen molar-refractivity contribution in [2.75, 3.05) is 0 Å². The summed E-state index contributed by atoms with van der Waals surface area (Å²) in [6.45, 7) is 0. The largest absolute Gasteiger partial charge is 0.481 e. The van der Waals surface area contributed by atoms with Crippen molar-refractivity contribution in [3.05, 3.63) is 11.7 Å². The van der Waals surface area contributed by atoms with Crippen molar-refractivity contribution in [1.29, 1.82) is 0 Å². The van der Waals surface area contributed by atoms with E-state index in [0.717, 1.165) is 25.1 Å². The van der Waals surface area contributed by atoms with Crippen molar-refractivity contribution >= 4 is 11.9 Å². The number of carbonyl (C=O) groups is 2. The van der Waals surface area contributed by atoms with E-state index in [-0.39, 0.29) is 17.9 Å². The minimum atomic E-state index is -0.771. The van der Waals surface area contributed by atoms with E-state index in [0.29, 0.717) is 37.5 Å². The molecule has 2 atom stereocenters. The Labute approximate surface area is 134 Å². The lowest BCUT2D eigenvalue weighted by Gasteiger charge is -2.11. The molecule has 3 rings (SSSR count). The highest BCUT2D eigenvalue weighted by Crippen LogP contribution is 2.32. The summed E-state index contributed by atoms with van der Waals surface area (Å²) >= 11 is 0. The van der Waals surface area contributed by atoms with Crippen molar-refractivity contribution in [3.63, 3.8) is 0 Å². The van der Waals surface area contributed by atoms with E-state index >= 15 is 0 Å². The monoisotopic (exact) mass is 321 g/mol. The number of hydrogen-bond acceptors (Lipinski definition) is 5. The number of carbonyl (C=O) groups excluding carboxylic acids is 1. The number of nitrogens with zero attached hydrogens (tertiary/aromatic N) is 2. The number of carboxylic acids is 1. The maximum atomic E-state index is 12.0. The Hall–Kier alpha value is -1.92. The first-order valence-corrected chi connectivity index (χ1v) is 8.46. The number of aromatic nitrogens is 2. The number of hydrogen-bond donors (Lipinski definition) is 2. The van der Waals surface area contributed by atoms with Gasteiger partial charge in [-0.2, -0.15) is 4.98 Å². The third kappa shape index (κ3) is 4.09. The summed E-state index contributed by atoms with van der Waals surface area (Å²) in [7, 11) is 0. The minimum absolute atomic E-state index is 0.0275. The zero-order valence-electron chi connectivity index (χ0n) is 13.2. The molecule has 0 saturated heterocycles. The third-order valence-corrected chi connectivity index (χ3v) is 4.92. The van der Waals surface area contributed by atoms with Gasteiger partial charge in [-0.1, -0.05) is 18.0 Å². The summed E-state index contributed by atoms with van der Waals surface area (Å²) in [4.78, 5) is 27.3. The van der Waals surface area contributed by atoms with E-state index < -0.39 is 5.97 Å². The minimum Gasteiger partial charge on any atom is -0.481 e. The molecule has 0 aliphatic heterocycles. The van der Waals surface area contributed by atoms with Gasteiger partial charge in [-0.3, -0.25) is 9.59 Å². The van der Waals surface area contributed by atoms with Gasteiger partial charge in [0.05, 0.1) is 5.92 Å². The fraction of sp³-hybridized carbons (Fsp3) is 0.750. The van der Waals surface area contributed by atoms with Gasteiger partial charge in [-0.25, -0.2) is 0 Å². The lowest BCUT2D eigenvalue weighted by Crippen LogP contribution is -2.33. The average molecular weight is 321 g/mol. The maximum Gasteiger partial charge on any atom is 0.306 e. The Bertz CT molecular complexity index is 565. The number of rotatable bonds is 6. The molecule has 1 heterocycles. The van der Waals surface area contributed by atoms with Crippen LogP contribution in [0.4, 0.5) is 0 Å². The van der Waals surface area contributed by atoms with E-state index in [2.05, 4.69) is 15.5 Å². The molecule has 7 heteroatoms. The lowest BCUT2D eigenvalue weighted by molar-refractivity contribution is -0.141. The Morgan fingerprint density at radius 2 is 2.00 bits per heavy atom. The van der Waals surface area contributed by atoms with Gasteiger partial charge < -0.3 is 14.9 Å². The first-order valence-electron chi connectivity index (χ1n) is 8.46. The highest BCUT2D eigenvalue weighted by Gasteiger charge is 2.30. The van der Waals surface area contributed by atoms with Crippen LogP contribution in [0.5, 0.6) is 0 Å². The fourth-order valence-electron chi connectivity index (χ4n) is 3.58. The molecule has 2 N–H and O–H groups in total. The topological polar surface area (TPSA) is 105 Å². The van der Waals surface area contributed by atoms with Crippen molar-refractivity contribution in [2.24, 2.45) is 5.92 Å². The van der Waals surface area contributed by atoms with Crippen LogP contribution in [-0.4, -0.2) is 33.2 Å². The van der Waals surface area contributed by atoms with E-state index in [1.807, 2.05) is 0 Å². The molecule has 2 aliphatic rings. The van der Waals surface area contributed by atoms with Crippen LogP contribution >= 0.6 is 0 Å². The summed E-state index contributed by atoms with van der Waals surface area (Å²) in [5, 5.41) is 15.9. The van der Waals surface area contributed by atoms with Gasteiger partial charge >= 0.3 is 5.97 Å². The van der Waals surface area contributed by atoms with E-state index in [9.17, 15) is 9.59 Å². The normalized spacial score (nSPS) is 24.9. The smallest absolute Gasteiger partial charge is 0.306 e. The van der Waals surface area contributed by atoms with E-state index in [1.165, 1.54) is 12.8 Å². The molecule has 2 saturated carbocycles. The van der Waals surface area contributed by atoms with Crippen molar-refractivity contribution in [2.45, 2.75) is 69.7 Å². The molecule has 1 aromatic heterocycles. The van der Waals surface area contributed by atoms with Gasteiger partial charge in [-0.05, 0) is 32.1 Å². The van der Waals surface area contributed by atoms with Crippen molar-refractivity contribution in [3.8, 4) is 0 Å². The lowest BCUT2D eigenvalue weighted by atomic mass is 10.1. The number of nitrogens with one attached hydrogen (secondary N) is 1. The van der Waals surface area contributed by atoms with Gasteiger partial charge in [-0.15, -0.1) is 0 Å². The number of aliphatic carboxylic acids is 1. The van der Waals surface area contributed by atoms with Gasteiger partial charge in [0.2, 0.25) is 11.8 Å². The zero-order valence-corrected chi connectivity index (χ0v) is 13.2. The van der Waals surface area contributed by atoms with Crippen LogP contribution in [0.1, 0.15) is 69.0 Å². The molecule has 23 heavy (non-hydrogen) atoms. The van der Waals surface area contributed by atoms with Crippen LogP contribution in [0, 0.1) is 5.92 Å². The summed E-state index contributed by atoms with van der Waals surface area (Å²) in [5.74, 6) is 0.515. The van der Waals surface area contributed by atoms with Crippen molar-refractivity contribution in [1.82, 2.24) is 15.5 Å². The van der Waals surface area contributed by atoms with Crippen LogP contribution in [0.2, 0.25) is 0 Å². The summed E-state index contributed by atoms with van der Waals surface area (Å²) < 4.78 is 5.23. The van der Waals surface area contributed by atoms with Crippen LogP contribution in [0.3, 0.4) is 0 Å². The summed E-state index contributed by atoms with van der Waals surface area (Å²) in [6, 6.07) is -0.0275. The Kier molecular flexibility index (Phi) is 4.93. The van der Waals surface area contributed by atoms with E-state index in [1.54, 1.807) is 0 Å². The molecule has 1 aromatic rings. The van der Waals surface area contributed by atoms with Gasteiger partial charge in [0.1, 0.15) is 0 Å². The van der Waals surface area contributed by atoms with Gasteiger partial charge in [0.15, 0.2) is 5.82 Å². The highest BCUT2D eigenvalue weighted by molar-refractivity contribution is 5.77. The first-order chi connectivity index (χ1) is 11.1. The second kappa shape index (κ2) is 7.10. The standard InChI is InChI=1S/C16H23N3O4/c20-13(17-12-6-5-11(9-12)16(21)22)7-8-14-18-15(19-23-14)10-3-1-2-4-10/h10-12H,1-9H2,(H,17,20)(H,21,22)/t11-,12+/m1/s1. The Morgan fingerprint density at radius 3 is 2.70 bits per heavy atom. The SMILES string of the molecule is O=C(CCc1nc(C2CCCC2)no1)N[C@H]1CC[C@@H](C(=O)O)C1. The molecule has 0 bridgehead atoms. The van der Waals surface area contributed by atoms with Gasteiger partial charge in [0.25, 0.3) is 0 Å². The van der Waals surface area contributed by atoms with Gasteiger partial charge in [0, 0.05) is 24.8 Å². The number of aryl methyl sites for hydroxylation is 1. The van der Waals surface area contributed by atoms with Crippen LogP contribution in [-0.2, 0) is 16.0 Å². The second-order valence-corrected chi connectivity index (χ2v) is 6.64. The molecule has 0 radical (unpaired) electrons. The molecule has 2 aliphatic carbocycles. The number of carboxylic acid groups (broad SMARTS) is 1. The molecule has 126 valence electrons. The van der Waals surface area contributed by atoms with E-state index in [4.69, 9.17) is 9.63 Å². The molecule has 7 nitrogen and oxygen atoms in total. The fourth-order valence-corrected chi connectivity index (χ4v) is 3.58. The summed E-state index contributed by atoms with van der Waals surface area (Å²) in [5.41, 5.74) is 0.